The van der Waals surface area contributed by atoms with Crippen molar-refractivity contribution < 1.29 is 8.42 Å². The highest BCUT2D eigenvalue weighted by Gasteiger charge is 2.34. The molecule has 1 aliphatic heterocycles. The minimum Gasteiger partial charge on any atom is -0.307 e. The fourth-order valence-electron chi connectivity index (χ4n) is 2.53. The minimum atomic E-state index is -3.08. The van der Waals surface area contributed by atoms with Crippen molar-refractivity contribution in [2.45, 2.75) is 50.1 Å². The van der Waals surface area contributed by atoms with E-state index in [4.69, 9.17) is 0 Å². The van der Waals surface area contributed by atoms with Gasteiger partial charge in [-0.1, -0.05) is 38.0 Å². The molecule has 100 valence electrons. The van der Waals surface area contributed by atoms with Gasteiger partial charge in [0.1, 0.15) is 0 Å². The van der Waals surface area contributed by atoms with Crippen LogP contribution in [-0.4, -0.2) is 20.2 Å². The van der Waals surface area contributed by atoms with E-state index in [9.17, 15) is 8.42 Å². The van der Waals surface area contributed by atoms with Gasteiger partial charge >= 0.3 is 0 Å². The van der Waals surface area contributed by atoms with Gasteiger partial charge in [0, 0.05) is 12.1 Å². The average Bonchev–Trinajstić information content (AvgIpc) is 2.59. The molecule has 2 atom stereocenters. The lowest BCUT2D eigenvalue weighted by molar-refractivity contribution is 0.447. The Balaban J connectivity index is 2.13. The molecule has 1 aromatic rings. The second kappa shape index (κ2) is 5.41. The van der Waals surface area contributed by atoms with Crippen LogP contribution in [0.3, 0.4) is 0 Å². The molecule has 0 saturated carbocycles. The minimum absolute atomic E-state index is 0.0435. The van der Waals surface area contributed by atoms with Gasteiger partial charge in [0.05, 0.1) is 10.6 Å². The lowest BCUT2D eigenvalue weighted by Gasteiger charge is -2.19. The maximum atomic E-state index is 12.0. The van der Waals surface area contributed by atoms with Crippen LogP contribution in [-0.2, 0) is 9.84 Å². The number of nitrogens with one attached hydrogen (secondary N) is 1. The summed E-state index contributed by atoms with van der Waals surface area (Å²) in [6.07, 6.45) is 3.44. The van der Waals surface area contributed by atoms with Crippen LogP contribution >= 0.6 is 0 Å². The van der Waals surface area contributed by atoms with E-state index in [0.717, 1.165) is 12.0 Å². The summed E-state index contributed by atoms with van der Waals surface area (Å²) in [6.45, 7) is 4.30. The van der Waals surface area contributed by atoms with Crippen LogP contribution in [0.1, 0.15) is 44.7 Å². The summed E-state index contributed by atoms with van der Waals surface area (Å²) >= 11 is 0. The molecule has 2 rings (SSSR count). The molecule has 0 aliphatic carbocycles. The molecule has 1 N–H and O–H groups in total. The standard InChI is InChI=1S/C14H21NO2S/c1-3-4-7-11(2)15-13-10-18(16,17)14-9-6-5-8-12(13)14/h5-6,8-9,11,13,15H,3-4,7,10H2,1-2H3. The Morgan fingerprint density at radius 3 is 2.83 bits per heavy atom. The Morgan fingerprint density at radius 1 is 1.39 bits per heavy atom. The number of rotatable bonds is 5. The molecule has 0 bridgehead atoms. The topological polar surface area (TPSA) is 46.2 Å². The molecule has 1 aliphatic rings. The fourth-order valence-corrected chi connectivity index (χ4v) is 4.28. The molecule has 0 aromatic heterocycles. The maximum Gasteiger partial charge on any atom is 0.180 e. The Morgan fingerprint density at radius 2 is 2.11 bits per heavy atom. The summed E-state index contributed by atoms with van der Waals surface area (Å²) in [6, 6.07) is 7.65. The van der Waals surface area contributed by atoms with E-state index in [-0.39, 0.29) is 11.8 Å². The third kappa shape index (κ3) is 2.75. The normalized spacial score (nSPS) is 22.7. The Labute approximate surface area is 110 Å². The van der Waals surface area contributed by atoms with Gasteiger partial charge in [-0.3, -0.25) is 0 Å². The van der Waals surface area contributed by atoms with Gasteiger partial charge in [0.2, 0.25) is 0 Å². The first kappa shape index (κ1) is 13.6. The van der Waals surface area contributed by atoms with E-state index >= 15 is 0 Å². The van der Waals surface area contributed by atoms with E-state index in [1.165, 1.54) is 12.8 Å². The molecule has 18 heavy (non-hydrogen) atoms. The quantitative estimate of drug-likeness (QED) is 0.892. The maximum absolute atomic E-state index is 12.0. The summed E-state index contributed by atoms with van der Waals surface area (Å²) < 4.78 is 24.0. The van der Waals surface area contributed by atoms with Crippen molar-refractivity contribution in [3.05, 3.63) is 29.8 Å². The number of fused-ring (bicyclic) bond motifs is 1. The lowest BCUT2D eigenvalue weighted by Crippen LogP contribution is -2.31. The lowest BCUT2D eigenvalue weighted by atomic mass is 10.1. The van der Waals surface area contributed by atoms with Crippen LogP contribution in [0.15, 0.2) is 29.2 Å². The summed E-state index contributed by atoms with van der Waals surface area (Å²) in [5, 5.41) is 3.45. The van der Waals surface area contributed by atoms with Crippen LogP contribution in [0, 0.1) is 0 Å². The van der Waals surface area contributed by atoms with Gasteiger partial charge in [-0.15, -0.1) is 0 Å². The van der Waals surface area contributed by atoms with Crippen molar-refractivity contribution in [2.75, 3.05) is 5.75 Å². The van der Waals surface area contributed by atoms with Crippen molar-refractivity contribution in [1.29, 1.82) is 0 Å². The molecule has 0 saturated heterocycles. The highest BCUT2D eigenvalue weighted by atomic mass is 32.2. The number of sulfone groups is 1. The molecule has 0 radical (unpaired) electrons. The van der Waals surface area contributed by atoms with Crippen LogP contribution in [0.5, 0.6) is 0 Å². The van der Waals surface area contributed by atoms with E-state index < -0.39 is 9.84 Å². The summed E-state index contributed by atoms with van der Waals surface area (Å²) in [5.74, 6) is 0.197. The first-order valence-corrected chi connectivity index (χ1v) is 8.27. The van der Waals surface area contributed by atoms with Crippen molar-refractivity contribution in [1.82, 2.24) is 5.32 Å². The summed E-state index contributed by atoms with van der Waals surface area (Å²) in [7, 11) is -3.08. The van der Waals surface area contributed by atoms with E-state index in [1.807, 2.05) is 12.1 Å². The number of hydrogen-bond acceptors (Lipinski definition) is 3. The Hall–Kier alpha value is -0.870. The predicted octanol–water partition coefficient (Wildman–Crippen LogP) is 2.68. The van der Waals surface area contributed by atoms with Crippen molar-refractivity contribution in [2.24, 2.45) is 0 Å². The first-order chi connectivity index (χ1) is 8.54. The van der Waals surface area contributed by atoms with Crippen molar-refractivity contribution in [3.8, 4) is 0 Å². The van der Waals surface area contributed by atoms with Crippen LogP contribution in [0.2, 0.25) is 0 Å². The second-order valence-electron chi connectivity index (χ2n) is 5.08. The van der Waals surface area contributed by atoms with Crippen molar-refractivity contribution >= 4 is 9.84 Å². The molecule has 0 amide bonds. The third-order valence-corrected chi connectivity index (χ3v) is 5.31. The fraction of sp³-hybridized carbons (Fsp3) is 0.571. The monoisotopic (exact) mass is 267 g/mol. The Kier molecular flexibility index (Phi) is 4.07. The molecule has 0 spiro atoms. The molecular weight excluding hydrogens is 246 g/mol. The number of benzene rings is 1. The van der Waals surface area contributed by atoms with Gasteiger partial charge in [-0.05, 0) is 25.0 Å². The van der Waals surface area contributed by atoms with Crippen LogP contribution in [0.25, 0.3) is 0 Å². The largest absolute Gasteiger partial charge is 0.307 e. The van der Waals surface area contributed by atoms with Gasteiger partial charge in [-0.2, -0.15) is 0 Å². The third-order valence-electron chi connectivity index (χ3n) is 3.49. The van der Waals surface area contributed by atoms with Gasteiger partial charge in [0.15, 0.2) is 9.84 Å². The molecule has 3 nitrogen and oxygen atoms in total. The van der Waals surface area contributed by atoms with Gasteiger partial charge in [0.25, 0.3) is 0 Å². The summed E-state index contributed by atoms with van der Waals surface area (Å²) in [5.41, 5.74) is 0.931. The highest BCUT2D eigenvalue weighted by molar-refractivity contribution is 7.91. The first-order valence-electron chi connectivity index (χ1n) is 6.62. The highest BCUT2D eigenvalue weighted by Crippen LogP contribution is 2.33. The smallest absolute Gasteiger partial charge is 0.180 e. The zero-order valence-electron chi connectivity index (χ0n) is 11.0. The molecule has 0 fully saturated rings. The van der Waals surface area contributed by atoms with Gasteiger partial charge < -0.3 is 5.32 Å². The van der Waals surface area contributed by atoms with Gasteiger partial charge in [-0.25, -0.2) is 8.42 Å². The number of hydrogen-bond donors (Lipinski definition) is 1. The predicted molar refractivity (Wildman–Crippen MR) is 73.4 cm³/mol. The van der Waals surface area contributed by atoms with Crippen molar-refractivity contribution in [3.63, 3.8) is 0 Å². The SMILES string of the molecule is CCCCC(C)NC1CS(=O)(=O)c2ccccc21. The number of unbranched alkanes of at least 4 members (excludes halogenated alkanes) is 1. The Bertz CT molecular complexity index is 510. The van der Waals surface area contributed by atoms with Crippen LogP contribution in [0.4, 0.5) is 0 Å². The average molecular weight is 267 g/mol. The molecule has 4 heteroatoms. The summed E-state index contributed by atoms with van der Waals surface area (Å²) in [4.78, 5) is 0.505. The molecule has 2 unspecified atom stereocenters. The zero-order valence-corrected chi connectivity index (χ0v) is 11.8. The van der Waals surface area contributed by atoms with E-state index in [0.29, 0.717) is 10.9 Å². The molecule has 1 aromatic carbocycles. The van der Waals surface area contributed by atoms with E-state index in [1.54, 1.807) is 12.1 Å². The van der Waals surface area contributed by atoms with Crippen LogP contribution < -0.4 is 5.32 Å². The zero-order chi connectivity index (χ0) is 13.2. The van der Waals surface area contributed by atoms with E-state index in [2.05, 4.69) is 19.2 Å². The second-order valence-corrected chi connectivity index (χ2v) is 7.08. The molecular formula is C14H21NO2S. The molecule has 1 heterocycles.